The summed E-state index contributed by atoms with van der Waals surface area (Å²) >= 11 is 0. The van der Waals surface area contributed by atoms with Gasteiger partial charge >= 0.3 is 0 Å². The zero-order chi connectivity index (χ0) is 15.8. The van der Waals surface area contributed by atoms with E-state index >= 15 is 0 Å². The number of aromatic nitrogens is 4. The van der Waals surface area contributed by atoms with Crippen molar-refractivity contribution in [3.05, 3.63) is 29.2 Å². The first-order valence-corrected chi connectivity index (χ1v) is 8.40. The van der Waals surface area contributed by atoms with Crippen molar-refractivity contribution in [2.75, 3.05) is 6.54 Å². The molecule has 23 heavy (non-hydrogen) atoms. The van der Waals surface area contributed by atoms with Gasteiger partial charge in [0.05, 0.1) is 6.04 Å². The number of fused-ring (bicyclic) bond motifs is 1. The van der Waals surface area contributed by atoms with Gasteiger partial charge in [-0.1, -0.05) is 11.6 Å². The second-order valence-corrected chi connectivity index (χ2v) is 6.42. The summed E-state index contributed by atoms with van der Waals surface area (Å²) in [6, 6.07) is 1.70. The summed E-state index contributed by atoms with van der Waals surface area (Å²) in [6.07, 6.45) is 6.45. The van der Waals surface area contributed by atoms with Gasteiger partial charge in [0.25, 0.3) is 5.91 Å². The molecule has 2 aliphatic heterocycles. The lowest BCUT2D eigenvalue weighted by atomic mass is 10.2. The highest BCUT2D eigenvalue weighted by Crippen LogP contribution is 2.33. The van der Waals surface area contributed by atoms with Crippen LogP contribution in [0.2, 0.25) is 0 Å². The van der Waals surface area contributed by atoms with Gasteiger partial charge in [0.15, 0.2) is 11.5 Å². The van der Waals surface area contributed by atoms with E-state index in [4.69, 9.17) is 4.52 Å². The number of amides is 1. The molecule has 1 amide bonds. The highest BCUT2D eigenvalue weighted by atomic mass is 16.5. The van der Waals surface area contributed by atoms with Crippen LogP contribution < -0.4 is 0 Å². The molecule has 0 bridgehead atoms. The Kier molecular flexibility index (Phi) is 3.63. The van der Waals surface area contributed by atoms with Crippen LogP contribution in [0, 0.1) is 6.92 Å². The van der Waals surface area contributed by atoms with Crippen LogP contribution in [-0.4, -0.2) is 37.3 Å². The lowest BCUT2D eigenvalue weighted by molar-refractivity contribution is 0.0716. The number of carbonyl (C=O) groups excluding carboxylic acids is 1. The minimum atomic E-state index is -0.0738. The van der Waals surface area contributed by atoms with Crippen LogP contribution in [0.4, 0.5) is 0 Å². The van der Waals surface area contributed by atoms with E-state index < -0.39 is 0 Å². The lowest BCUT2D eigenvalue weighted by Crippen LogP contribution is -2.32. The third kappa shape index (κ3) is 2.54. The molecular formula is C16H21N5O2. The minimum absolute atomic E-state index is 0.00106. The highest BCUT2D eigenvalue weighted by molar-refractivity contribution is 5.92. The smallest absolute Gasteiger partial charge is 0.276 e. The normalized spacial score (nSPS) is 21.3. The molecular weight excluding hydrogens is 294 g/mol. The molecule has 4 heterocycles. The van der Waals surface area contributed by atoms with Crippen LogP contribution in [-0.2, 0) is 13.0 Å². The lowest BCUT2D eigenvalue weighted by Gasteiger charge is -2.23. The molecule has 0 saturated carbocycles. The Morgan fingerprint density at radius 1 is 1.22 bits per heavy atom. The number of aryl methyl sites for hydroxylation is 2. The van der Waals surface area contributed by atoms with Crippen molar-refractivity contribution in [2.45, 2.75) is 58.0 Å². The van der Waals surface area contributed by atoms with Crippen molar-refractivity contribution < 1.29 is 9.32 Å². The molecule has 0 aliphatic carbocycles. The topological polar surface area (TPSA) is 77.1 Å². The number of hydrogen-bond donors (Lipinski definition) is 0. The quantitative estimate of drug-likeness (QED) is 0.849. The summed E-state index contributed by atoms with van der Waals surface area (Å²) in [5.74, 6) is 2.58. The van der Waals surface area contributed by atoms with Gasteiger partial charge in [-0.15, -0.1) is 10.2 Å². The molecule has 0 aromatic carbocycles. The minimum Gasteiger partial charge on any atom is -0.361 e. The van der Waals surface area contributed by atoms with E-state index in [2.05, 4.69) is 19.9 Å². The molecule has 0 N–H and O–H groups in total. The molecule has 2 aliphatic rings. The van der Waals surface area contributed by atoms with Crippen molar-refractivity contribution in [3.63, 3.8) is 0 Å². The highest BCUT2D eigenvalue weighted by Gasteiger charge is 2.35. The first kappa shape index (κ1) is 14.4. The Bertz CT molecular complexity index is 720. The number of carbonyl (C=O) groups is 1. The van der Waals surface area contributed by atoms with Gasteiger partial charge in [-0.3, -0.25) is 4.79 Å². The first-order chi connectivity index (χ1) is 11.2. The molecule has 4 rings (SSSR count). The molecule has 2 aromatic rings. The van der Waals surface area contributed by atoms with E-state index in [1.54, 1.807) is 13.0 Å². The van der Waals surface area contributed by atoms with E-state index in [0.717, 1.165) is 50.4 Å². The SMILES string of the molecule is Cc1cc(C(=O)N2CCC[C@@H]2c2nnc3n2CCCCC3)no1. The Hall–Kier alpha value is -2.18. The van der Waals surface area contributed by atoms with Crippen LogP contribution in [0.3, 0.4) is 0 Å². The summed E-state index contributed by atoms with van der Waals surface area (Å²) in [7, 11) is 0. The van der Waals surface area contributed by atoms with E-state index in [1.807, 2.05) is 4.90 Å². The molecule has 122 valence electrons. The van der Waals surface area contributed by atoms with Crippen LogP contribution in [0.15, 0.2) is 10.6 Å². The Labute approximate surface area is 134 Å². The standard InChI is InChI=1S/C16H21N5O2/c1-11-10-12(19-23-11)16(22)20-9-5-6-13(20)15-18-17-14-7-3-2-4-8-21(14)15/h10,13H,2-9H2,1H3/t13-/m1/s1. The Balaban J connectivity index is 1.63. The maximum absolute atomic E-state index is 12.7. The third-order valence-electron chi connectivity index (χ3n) is 4.80. The van der Waals surface area contributed by atoms with Gasteiger partial charge in [-0.05, 0) is 32.6 Å². The number of hydrogen-bond acceptors (Lipinski definition) is 5. The summed E-state index contributed by atoms with van der Waals surface area (Å²) < 4.78 is 7.28. The summed E-state index contributed by atoms with van der Waals surface area (Å²) in [5, 5.41) is 12.7. The monoisotopic (exact) mass is 315 g/mol. The fraction of sp³-hybridized carbons (Fsp3) is 0.625. The van der Waals surface area contributed by atoms with Gasteiger partial charge in [0.2, 0.25) is 0 Å². The second-order valence-electron chi connectivity index (χ2n) is 6.42. The number of nitrogens with zero attached hydrogens (tertiary/aromatic N) is 5. The van der Waals surface area contributed by atoms with Crippen molar-refractivity contribution in [2.24, 2.45) is 0 Å². The molecule has 1 saturated heterocycles. The van der Waals surface area contributed by atoms with E-state index in [-0.39, 0.29) is 11.9 Å². The maximum atomic E-state index is 12.7. The molecule has 7 nitrogen and oxygen atoms in total. The number of rotatable bonds is 2. The van der Waals surface area contributed by atoms with Gasteiger partial charge in [-0.25, -0.2) is 0 Å². The second kappa shape index (κ2) is 5.79. The van der Waals surface area contributed by atoms with E-state index in [9.17, 15) is 4.79 Å². The largest absolute Gasteiger partial charge is 0.361 e. The molecule has 2 aromatic heterocycles. The fourth-order valence-corrected chi connectivity index (χ4v) is 3.65. The van der Waals surface area contributed by atoms with Crippen molar-refractivity contribution in [1.29, 1.82) is 0 Å². The summed E-state index contributed by atoms with van der Waals surface area (Å²) in [6.45, 7) is 3.49. The van der Waals surface area contributed by atoms with E-state index in [1.165, 1.54) is 12.8 Å². The van der Waals surface area contributed by atoms with Crippen molar-refractivity contribution in [3.8, 4) is 0 Å². The van der Waals surface area contributed by atoms with Crippen LogP contribution >= 0.6 is 0 Å². The first-order valence-electron chi connectivity index (χ1n) is 8.40. The predicted molar refractivity (Wildman–Crippen MR) is 81.8 cm³/mol. The molecule has 0 unspecified atom stereocenters. The summed E-state index contributed by atoms with van der Waals surface area (Å²) in [4.78, 5) is 14.6. The van der Waals surface area contributed by atoms with E-state index in [0.29, 0.717) is 11.5 Å². The molecule has 1 atom stereocenters. The molecule has 7 heteroatoms. The predicted octanol–water partition coefficient (Wildman–Crippen LogP) is 2.28. The van der Waals surface area contributed by atoms with Gasteiger partial charge < -0.3 is 14.0 Å². The van der Waals surface area contributed by atoms with Crippen molar-refractivity contribution >= 4 is 5.91 Å². The van der Waals surface area contributed by atoms with Crippen LogP contribution in [0.1, 0.15) is 66.0 Å². The van der Waals surface area contributed by atoms with Crippen LogP contribution in [0.25, 0.3) is 0 Å². The number of likely N-dealkylation sites (tertiary alicyclic amines) is 1. The molecule has 0 radical (unpaired) electrons. The molecule has 1 fully saturated rings. The Morgan fingerprint density at radius 2 is 2.13 bits per heavy atom. The van der Waals surface area contributed by atoms with Crippen LogP contribution in [0.5, 0.6) is 0 Å². The van der Waals surface area contributed by atoms with Gasteiger partial charge in [-0.2, -0.15) is 0 Å². The maximum Gasteiger partial charge on any atom is 0.276 e. The average Bonchev–Trinajstić information content (AvgIpc) is 3.23. The van der Waals surface area contributed by atoms with Crippen molar-refractivity contribution in [1.82, 2.24) is 24.8 Å². The third-order valence-corrected chi connectivity index (χ3v) is 4.80. The average molecular weight is 315 g/mol. The van der Waals surface area contributed by atoms with Gasteiger partial charge in [0.1, 0.15) is 11.6 Å². The molecule has 0 spiro atoms. The summed E-state index contributed by atoms with van der Waals surface area (Å²) in [5.41, 5.74) is 0.380. The zero-order valence-corrected chi connectivity index (χ0v) is 13.4. The Morgan fingerprint density at radius 3 is 2.96 bits per heavy atom. The zero-order valence-electron chi connectivity index (χ0n) is 13.4. The fourth-order valence-electron chi connectivity index (χ4n) is 3.65. The van der Waals surface area contributed by atoms with Gasteiger partial charge in [0, 0.05) is 25.6 Å².